The number of amides is 3. The average molecular weight is 295 g/mol. The summed E-state index contributed by atoms with van der Waals surface area (Å²) in [5.41, 5.74) is 0.788. The molecule has 5 nitrogen and oxygen atoms in total. The maximum absolute atomic E-state index is 12.7. The average Bonchev–Trinajstić information content (AvgIpc) is 2.49. The summed E-state index contributed by atoms with van der Waals surface area (Å²) in [5, 5.41) is 7.80. The van der Waals surface area contributed by atoms with Crippen LogP contribution >= 0.6 is 0 Å². The Morgan fingerprint density at radius 2 is 1.76 bits per heavy atom. The summed E-state index contributed by atoms with van der Waals surface area (Å²) in [5.74, 6) is -0.522. The third kappa shape index (κ3) is 7.91. The van der Waals surface area contributed by atoms with Crippen LogP contribution in [0.2, 0.25) is 0 Å². The molecule has 0 fully saturated rings. The molecule has 0 aliphatic carbocycles. The molecule has 0 atom stereocenters. The smallest absolute Gasteiger partial charge is 0.315 e. The Bertz CT molecular complexity index is 449. The van der Waals surface area contributed by atoms with Gasteiger partial charge < -0.3 is 16.0 Å². The lowest BCUT2D eigenvalue weighted by molar-refractivity contribution is -0.120. The molecule has 0 aliphatic rings. The molecule has 3 N–H and O–H groups in total. The zero-order chi connectivity index (χ0) is 15.5. The number of urea groups is 1. The molecule has 6 heteroatoms. The van der Waals surface area contributed by atoms with Crippen LogP contribution in [0.15, 0.2) is 24.3 Å². The molecule has 1 rings (SSSR count). The Kier molecular flexibility index (Phi) is 7.86. The van der Waals surface area contributed by atoms with Gasteiger partial charge in [-0.25, -0.2) is 9.18 Å². The van der Waals surface area contributed by atoms with E-state index in [1.165, 1.54) is 12.1 Å². The molecule has 0 spiro atoms. The summed E-state index contributed by atoms with van der Waals surface area (Å²) in [6.07, 6.45) is 3.12. The van der Waals surface area contributed by atoms with Gasteiger partial charge in [-0.3, -0.25) is 4.79 Å². The maximum Gasteiger partial charge on any atom is 0.315 e. The lowest BCUT2D eigenvalue weighted by Crippen LogP contribution is -2.42. The number of nitrogens with one attached hydrogen (secondary N) is 3. The Balaban J connectivity index is 2.13. The van der Waals surface area contributed by atoms with E-state index >= 15 is 0 Å². The highest BCUT2D eigenvalue weighted by molar-refractivity contribution is 5.83. The maximum atomic E-state index is 12.7. The van der Waals surface area contributed by atoms with E-state index in [2.05, 4.69) is 22.9 Å². The van der Waals surface area contributed by atoms with E-state index in [0.717, 1.165) is 24.8 Å². The van der Waals surface area contributed by atoms with Crippen molar-refractivity contribution < 1.29 is 14.0 Å². The van der Waals surface area contributed by atoms with E-state index < -0.39 is 6.03 Å². The molecule has 0 saturated carbocycles. The molecule has 1 aromatic carbocycles. The monoisotopic (exact) mass is 295 g/mol. The lowest BCUT2D eigenvalue weighted by Gasteiger charge is -2.08. The first-order valence-corrected chi connectivity index (χ1v) is 7.14. The van der Waals surface area contributed by atoms with Crippen molar-refractivity contribution >= 4 is 11.9 Å². The second kappa shape index (κ2) is 9.74. The Morgan fingerprint density at radius 1 is 1.05 bits per heavy atom. The standard InChI is InChI=1S/C15H22FN3O2/c1-2-3-4-9-17-14(20)11-19-15(21)18-10-12-5-7-13(16)8-6-12/h5-8H,2-4,9-11H2,1H3,(H,17,20)(H2,18,19,21). The van der Waals surface area contributed by atoms with E-state index in [-0.39, 0.29) is 24.8 Å². The molecular formula is C15H22FN3O2. The summed E-state index contributed by atoms with van der Waals surface area (Å²) < 4.78 is 12.7. The number of halogens is 1. The highest BCUT2D eigenvalue weighted by Crippen LogP contribution is 2.01. The number of unbranched alkanes of at least 4 members (excludes halogenated alkanes) is 2. The molecular weight excluding hydrogens is 273 g/mol. The van der Waals surface area contributed by atoms with Gasteiger partial charge in [-0.1, -0.05) is 31.9 Å². The van der Waals surface area contributed by atoms with Crippen LogP contribution in [0.5, 0.6) is 0 Å². The summed E-state index contributed by atoms with van der Waals surface area (Å²) in [6, 6.07) is 5.42. The summed E-state index contributed by atoms with van der Waals surface area (Å²) >= 11 is 0. The first-order valence-electron chi connectivity index (χ1n) is 7.14. The SMILES string of the molecule is CCCCCNC(=O)CNC(=O)NCc1ccc(F)cc1. The van der Waals surface area contributed by atoms with Crippen molar-refractivity contribution in [3.63, 3.8) is 0 Å². The minimum atomic E-state index is -0.428. The first-order chi connectivity index (χ1) is 10.1. The predicted molar refractivity (Wildman–Crippen MR) is 79.2 cm³/mol. The van der Waals surface area contributed by atoms with Crippen molar-refractivity contribution in [3.8, 4) is 0 Å². The van der Waals surface area contributed by atoms with Crippen molar-refractivity contribution in [2.24, 2.45) is 0 Å². The van der Waals surface area contributed by atoms with E-state index in [1.807, 2.05) is 0 Å². The number of hydrogen-bond acceptors (Lipinski definition) is 2. The minimum absolute atomic E-state index is 0.0542. The minimum Gasteiger partial charge on any atom is -0.355 e. The molecule has 1 aromatic rings. The molecule has 0 heterocycles. The van der Waals surface area contributed by atoms with Gasteiger partial charge in [-0.15, -0.1) is 0 Å². The third-order valence-electron chi connectivity index (χ3n) is 2.88. The molecule has 116 valence electrons. The van der Waals surface area contributed by atoms with Gasteiger partial charge in [-0.2, -0.15) is 0 Å². The molecule has 0 saturated heterocycles. The summed E-state index contributed by atoms with van der Waals surface area (Å²) in [4.78, 5) is 22.9. The van der Waals surface area contributed by atoms with Crippen molar-refractivity contribution in [3.05, 3.63) is 35.6 Å². The normalized spacial score (nSPS) is 10.0. The predicted octanol–water partition coefficient (Wildman–Crippen LogP) is 1.93. The Morgan fingerprint density at radius 3 is 2.43 bits per heavy atom. The van der Waals surface area contributed by atoms with Crippen LogP contribution in [0, 0.1) is 5.82 Å². The van der Waals surface area contributed by atoms with E-state index in [1.54, 1.807) is 12.1 Å². The van der Waals surface area contributed by atoms with Crippen molar-refractivity contribution in [2.45, 2.75) is 32.7 Å². The molecule has 3 amide bonds. The fraction of sp³-hybridized carbons (Fsp3) is 0.467. The molecule has 0 bridgehead atoms. The van der Waals surface area contributed by atoms with E-state index in [0.29, 0.717) is 6.54 Å². The first kappa shape index (κ1) is 16.9. The zero-order valence-corrected chi connectivity index (χ0v) is 12.2. The van der Waals surface area contributed by atoms with E-state index in [9.17, 15) is 14.0 Å². The van der Waals surface area contributed by atoms with Crippen molar-refractivity contribution in [1.29, 1.82) is 0 Å². The second-order valence-corrected chi connectivity index (χ2v) is 4.72. The molecule has 0 aromatic heterocycles. The van der Waals surface area contributed by atoms with Gasteiger partial charge in [0, 0.05) is 13.1 Å². The molecule has 0 aliphatic heterocycles. The topological polar surface area (TPSA) is 70.2 Å². The zero-order valence-electron chi connectivity index (χ0n) is 12.2. The van der Waals surface area contributed by atoms with Gasteiger partial charge >= 0.3 is 6.03 Å². The summed E-state index contributed by atoms with van der Waals surface area (Å²) in [7, 11) is 0. The van der Waals surface area contributed by atoms with E-state index in [4.69, 9.17) is 0 Å². The van der Waals surface area contributed by atoms with Crippen molar-refractivity contribution in [1.82, 2.24) is 16.0 Å². The van der Waals surface area contributed by atoms with Gasteiger partial charge in [0.05, 0.1) is 6.54 Å². The number of carbonyl (C=O) groups is 2. The number of rotatable bonds is 8. The van der Waals surface area contributed by atoms with Crippen LogP contribution in [0.25, 0.3) is 0 Å². The van der Waals surface area contributed by atoms with Crippen LogP contribution in [-0.4, -0.2) is 25.0 Å². The van der Waals surface area contributed by atoms with Gasteiger partial charge in [0.2, 0.25) is 5.91 Å². The Hall–Kier alpha value is -2.11. The fourth-order valence-corrected chi connectivity index (χ4v) is 1.67. The highest BCUT2D eigenvalue weighted by atomic mass is 19.1. The van der Waals surface area contributed by atoms with Gasteiger partial charge in [0.25, 0.3) is 0 Å². The number of hydrogen-bond donors (Lipinski definition) is 3. The molecule has 0 unspecified atom stereocenters. The van der Waals surface area contributed by atoms with Crippen LogP contribution < -0.4 is 16.0 Å². The fourth-order valence-electron chi connectivity index (χ4n) is 1.67. The van der Waals surface area contributed by atoms with Crippen LogP contribution in [-0.2, 0) is 11.3 Å². The number of benzene rings is 1. The van der Waals surface area contributed by atoms with Gasteiger partial charge in [0.15, 0.2) is 0 Å². The molecule has 0 radical (unpaired) electrons. The highest BCUT2D eigenvalue weighted by Gasteiger charge is 2.04. The second-order valence-electron chi connectivity index (χ2n) is 4.72. The quantitative estimate of drug-likeness (QED) is 0.641. The third-order valence-corrected chi connectivity index (χ3v) is 2.88. The molecule has 21 heavy (non-hydrogen) atoms. The van der Waals surface area contributed by atoms with Crippen LogP contribution in [0.4, 0.5) is 9.18 Å². The largest absolute Gasteiger partial charge is 0.355 e. The van der Waals surface area contributed by atoms with Crippen molar-refractivity contribution in [2.75, 3.05) is 13.1 Å². The number of carbonyl (C=O) groups excluding carboxylic acids is 2. The summed E-state index contributed by atoms with van der Waals surface area (Å²) in [6.45, 7) is 2.95. The Labute approximate surface area is 124 Å². The van der Waals surface area contributed by atoms with Crippen LogP contribution in [0.3, 0.4) is 0 Å². The van der Waals surface area contributed by atoms with Gasteiger partial charge in [-0.05, 0) is 24.1 Å². The van der Waals surface area contributed by atoms with Gasteiger partial charge in [0.1, 0.15) is 5.82 Å². The lowest BCUT2D eigenvalue weighted by atomic mass is 10.2. The van der Waals surface area contributed by atoms with Crippen LogP contribution in [0.1, 0.15) is 31.7 Å².